The van der Waals surface area contributed by atoms with Gasteiger partial charge in [0.2, 0.25) is 0 Å². The van der Waals surface area contributed by atoms with Crippen molar-refractivity contribution in [3.63, 3.8) is 0 Å². The first-order valence-corrected chi connectivity index (χ1v) is 9.19. The van der Waals surface area contributed by atoms with Crippen molar-refractivity contribution in [2.24, 2.45) is 0 Å². The number of aromatic nitrogens is 1. The molecule has 0 fully saturated rings. The summed E-state index contributed by atoms with van der Waals surface area (Å²) in [5, 5.41) is 3.22. The summed E-state index contributed by atoms with van der Waals surface area (Å²) in [7, 11) is 0. The summed E-state index contributed by atoms with van der Waals surface area (Å²) in [5.74, 6) is 0.973. The Morgan fingerprint density at radius 1 is 1.03 bits per heavy atom. The summed E-state index contributed by atoms with van der Waals surface area (Å²) in [6, 6.07) is 11.8. The lowest BCUT2D eigenvalue weighted by molar-refractivity contribution is -0.141. The normalized spacial score (nSPS) is 13.6. The van der Waals surface area contributed by atoms with Crippen LogP contribution in [0.25, 0.3) is 10.9 Å². The molecule has 0 aliphatic carbocycles. The molecule has 4 rings (SSSR count). The van der Waals surface area contributed by atoms with Crippen molar-refractivity contribution in [3.8, 4) is 17.2 Å². The van der Waals surface area contributed by atoms with Gasteiger partial charge >= 0.3 is 6.18 Å². The van der Waals surface area contributed by atoms with E-state index in [2.05, 4.69) is 10.3 Å². The second-order valence-corrected chi connectivity index (χ2v) is 6.60. The van der Waals surface area contributed by atoms with Gasteiger partial charge in [-0.05, 0) is 30.3 Å². The van der Waals surface area contributed by atoms with E-state index in [0.29, 0.717) is 35.8 Å². The molecule has 2 aromatic carbocycles. The lowest BCUT2D eigenvalue weighted by Gasteiger charge is -2.11. The molecule has 6 nitrogen and oxygen atoms in total. The zero-order valence-corrected chi connectivity index (χ0v) is 15.7. The van der Waals surface area contributed by atoms with Gasteiger partial charge in [-0.1, -0.05) is 6.07 Å². The molecule has 0 bridgehead atoms. The number of halogens is 3. The number of hydrogen-bond donors (Lipinski definition) is 1. The largest absolute Gasteiger partial charge is 0.490 e. The van der Waals surface area contributed by atoms with Crippen LogP contribution in [-0.2, 0) is 11.0 Å². The van der Waals surface area contributed by atoms with E-state index in [9.17, 15) is 18.0 Å². The number of pyridine rings is 1. The Bertz CT molecular complexity index is 1090. The van der Waals surface area contributed by atoms with Crippen LogP contribution in [-0.4, -0.2) is 30.7 Å². The molecule has 156 valence electrons. The van der Waals surface area contributed by atoms with Crippen LogP contribution in [0.3, 0.4) is 0 Å². The van der Waals surface area contributed by atoms with E-state index in [1.54, 1.807) is 30.3 Å². The van der Waals surface area contributed by atoms with Crippen molar-refractivity contribution in [1.82, 2.24) is 4.98 Å². The molecule has 3 aromatic rings. The van der Waals surface area contributed by atoms with E-state index < -0.39 is 17.8 Å². The maximum Gasteiger partial charge on any atom is 0.433 e. The van der Waals surface area contributed by atoms with Gasteiger partial charge in [0.05, 0.1) is 18.7 Å². The van der Waals surface area contributed by atoms with Crippen LogP contribution >= 0.6 is 0 Å². The van der Waals surface area contributed by atoms with Gasteiger partial charge in [-0.2, -0.15) is 13.2 Å². The van der Waals surface area contributed by atoms with E-state index in [1.165, 1.54) is 12.1 Å². The van der Waals surface area contributed by atoms with E-state index in [0.717, 1.165) is 12.5 Å². The van der Waals surface area contributed by atoms with Crippen LogP contribution in [0.15, 0.2) is 48.5 Å². The number of amides is 1. The lowest BCUT2D eigenvalue weighted by Crippen LogP contribution is -2.20. The average Bonchev–Trinajstić information content (AvgIpc) is 2.96. The Labute approximate surface area is 169 Å². The van der Waals surface area contributed by atoms with Crippen LogP contribution in [0.1, 0.15) is 12.1 Å². The molecule has 1 N–H and O–H groups in total. The summed E-state index contributed by atoms with van der Waals surface area (Å²) in [4.78, 5) is 15.8. The molecule has 1 amide bonds. The van der Waals surface area contributed by atoms with Crippen LogP contribution in [0.5, 0.6) is 17.2 Å². The molecular weight excluding hydrogens is 401 g/mol. The number of hydrogen-bond acceptors (Lipinski definition) is 5. The highest BCUT2D eigenvalue weighted by Gasteiger charge is 2.32. The number of ether oxygens (including phenoxy) is 3. The smallest absolute Gasteiger partial charge is 0.433 e. The summed E-state index contributed by atoms with van der Waals surface area (Å²) < 4.78 is 55.1. The Morgan fingerprint density at radius 2 is 1.80 bits per heavy atom. The minimum Gasteiger partial charge on any atom is -0.490 e. The number of rotatable bonds is 4. The van der Waals surface area contributed by atoms with Gasteiger partial charge in [0, 0.05) is 29.6 Å². The third-order valence-electron chi connectivity index (χ3n) is 4.36. The minimum absolute atomic E-state index is 0.130. The quantitative estimate of drug-likeness (QED) is 0.679. The second kappa shape index (κ2) is 8.10. The Kier molecular flexibility index (Phi) is 5.35. The molecule has 0 radical (unpaired) electrons. The van der Waals surface area contributed by atoms with Crippen LogP contribution in [0, 0.1) is 0 Å². The average molecular weight is 418 g/mol. The van der Waals surface area contributed by atoms with Crippen LogP contribution in [0.4, 0.5) is 18.9 Å². The first-order valence-electron chi connectivity index (χ1n) is 9.19. The van der Waals surface area contributed by atoms with Gasteiger partial charge in [0.25, 0.3) is 5.91 Å². The molecule has 0 saturated carbocycles. The third-order valence-corrected chi connectivity index (χ3v) is 4.36. The molecule has 0 unspecified atom stereocenters. The minimum atomic E-state index is -4.53. The highest BCUT2D eigenvalue weighted by molar-refractivity contribution is 5.92. The van der Waals surface area contributed by atoms with Crippen molar-refractivity contribution in [3.05, 3.63) is 54.2 Å². The number of benzene rings is 2. The molecule has 1 aliphatic heterocycles. The lowest BCUT2D eigenvalue weighted by atomic mass is 10.2. The molecule has 30 heavy (non-hydrogen) atoms. The summed E-state index contributed by atoms with van der Waals surface area (Å²) in [6.07, 6.45) is -3.76. The van der Waals surface area contributed by atoms with Crippen LogP contribution < -0.4 is 19.5 Å². The molecule has 1 aromatic heterocycles. The van der Waals surface area contributed by atoms with Gasteiger partial charge in [-0.25, -0.2) is 4.98 Å². The van der Waals surface area contributed by atoms with E-state index >= 15 is 0 Å². The molecule has 2 heterocycles. The summed E-state index contributed by atoms with van der Waals surface area (Å²) in [5.41, 5.74) is -0.340. The molecule has 9 heteroatoms. The van der Waals surface area contributed by atoms with Gasteiger partial charge < -0.3 is 19.5 Å². The topological polar surface area (TPSA) is 69.7 Å². The highest BCUT2D eigenvalue weighted by atomic mass is 19.4. The number of nitrogens with one attached hydrogen (secondary N) is 1. The first kappa shape index (κ1) is 19.8. The predicted octanol–water partition coefficient (Wildman–Crippen LogP) is 4.43. The fourth-order valence-electron chi connectivity index (χ4n) is 2.93. The Balaban J connectivity index is 1.41. The fourth-order valence-corrected chi connectivity index (χ4v) is 2.93. The maximum absolute atomic E-state index is 12.8. The zero-order valence-electron chi connectivity index (χ0n) is 15.7. The standard InChI is InChI=1S/C21H17F3N2O4/c22-21(23,24)19-7-3-13-2-5-15(11-16(13)26-19)30-12-20(27)25-14-4-6-17-18(10-14)29-9-1-8-28-17/h2-7,10-11H,1,8-9,12H2,(H,25,27). The zero-order chi connectivity index (χ0) is 21.1. The fraction of sp³-hybridized carbons (Fsp3) is 0.238. The monoisotopic (exact) mass is 418 g/mol. The predicted molar refractivity (Wildman–Crippen MR) is 103 cm³/mol. The van der Waals surface area contributed by atoms with Crippen molar-refractivity contribution in [1.29, 1.82) is 0 Å². The number of anilines is 1. The number of alkyl halides is 3. The summed E-state index contributed by atoms with van der Waals surface area (Å²) in [6.45, 7) is 0.774. The summed E-state index contributed by atoms with van der Waals surface area (Å²) >= 11 is 0. The van der Waals surface area contributed by atoms with Gasteiger partial charge in [-0.3, -0.25) is 4.79 Å². The first-order chi connectivity index (χ1) is 14.4. The van der Waals surface area contributed by atoms with Gasteiger partial charge in [0.15, 0.2) is 18.1 Å². The van der Waals surface area contributed by atoms with Gasteiger partial charge in [-0.15, -0.1) is 0 Å². The molecule has 0 saturated heterocycles. The molecular formula is C21H17F3N2O4. The Morgan fingerprint density at radius 3 is 2.60 bits per heavy atom. The molecule has 0 atom stereocenters. The van der Waals surface area contributed by atoms with E-state index in [1.807, 2.05) is 0 Å². The van der Waals surface area contributed by atoms with Crippen molar-refractivity contribution >= 4 is 22.5 Å². The van der Waals surface area contributed by atoms with Crippen molar-refractivity contribution in [2.45, 2.75) is 12.6 Å². The van der Waals surface area contributed by atoms with Crippen molar-refractivity contribution in [2.75, 3.05) is 25.1 Å². The van der Waals surface area contributed by atoms with Crippen molar-refractivity contribution < 1.29 is 32.2 Å². The van der Waals surface area contributed by atoms with E-state index in [-0.39, 0.29) is 17.9 Å². The molecule has 1 aliphatic rings. The SMILES string of the molecule is O=C(COc1ccc2ccc(C(F)(F)F)nc2c1)Nc1ccc2c(c1)OCCCO2. The third kappa shape index (κ3) is 4.56. The van der Waals surface area contributed by atoms with Gasteiger partial charge in [0.1, 0.15) is 11.4 Å². The highest BCUT2D eigenvalue weighted by Crippen LogP contribution is 2.32. The maximum atomic E-state index is 12.8. The second-order valence-electron chi connectivity index (χ2n) is 6.60. The number of fused-ring (bicyclic) bond motifs is 2. The van der Waals surface area contributed by atoms with Crippen LogP contribution in [0.2, 0.25) is 0 Å². The number of carbonyl (C=O) groups is 1. The number of carbonyl (C=O) groups excluding carboxylic acids is 1. The van der Waals surface area contributed by atoms with E-state index in [4.69, 9.17) is 14.2 Å². The number of nitrogens with zero attached hydrogens (tertiary/aromatic N) is 1. The Hall–Kier alpha value is -3.49. The molecule has 0 spiro atoms.